The van der Waals surface area contributed by atoms with E-state index in [1.54, 1.807) is 0 Å². The van der Waals surface area contributed by atoms with Crippen molar-refractivity contribution in [3.63, 3.8) is 0 Å². The van der Waals surface area contributed by atoms with E-state index in [9.17, 15) is 0 Å². The third-order valence-electron chi connectivity index (χ3n) is 4.51. The van der Waals surface area contributed by atoms with Crippen molar-refractivity contribution in [2.45, 2.75) is 51.6 Å². The van der Waals surface area contributed by atoms with Gasteiger partial charge in [0, 0.05) is 18.6 Å². The van der Waals surface area contributed by atoms with E-state index >= 15 is 0 Å². The highest BCUT2D eigenvalue weighted by molar-refractivity contribution is 5.19. The Labute approximate surface area is 118 Å². The maximum absolute atomic E-state index is 6.41. The summed E-state index contributed by atoms with van der Waals surface area (Å²) in [5.41, 5.74) is 7.68. The van der Waals surface area contributed by atoms with Crippen molar-refractivity contribution >= 4 is 0 Å². The van der Waals surface area contributed by atoms with Crippen LogP contribution in [0.3, 0.4) is 0 Å². The molecule has 0 aromatic heterocycles. The average molecular weight is 260 g/mol. The summed E-state index contributed by atoms with van der Waals surface area (Å²) in [6, 6.07) is 11.4. The van der Waals surface area contributed by atoms with Crippen molar-refractivity contribution in [3.05, 3.63) is 35.9 Å². The van der Waals surface area contributed by atoms with Crippen LogP contribution in [0.4, 0.5) is 0 Å². The first-order valence-corrected chi connectivity index (χ1v) is 7.73. The van der Waals surface area contributed by atoms with Crippen LogP contribution in [0.25, 0.3) is 0 Å². The second-order valence-corrected chi connectivity index (χ2v) is 6.11. The van der Waals surface area contributed by atoms with Gasteiger partial charge in [-0.15, -0.1) is 0 Å². The fraction of sp³-hybridized carbons (Fsp3) is 0.647. The van der Waals surface area contributed by atoms with Crippen LogP contribution in [-0.4, -0.2) is 24.0 Å². The molecule has 106 valence electrons. The zero-order valence-electron chi connectivity index (χ0n) is 12.4. The molecule has 3 unspecified atom stereocenters. The number of likely N-dealkylation sites (tertiary alicyclic amines) is 1. The standard InChI is InChI=1S/C17H28N2/c1-14(17(18)16-10-6-3-7-11-16)13-19-12-8-4-5-9-15(19)2/h3,6-7,10-11,14-15,17H,4-5,8-9,12-13,18H2,1-2H3. The highest BCUT2D eigenvalue weighted by Crippen LogP contribution is 2.23. The molecule has 0 amide bonds. The number of benzene rings is 1. The Balaban J connectivity index is 1.94. The van der Waals surface area contributed by atoms with Gasteiger partial charge in [-0.25, -0.2) is 0 Å². The predicted octanol–water partition coefficient (Wildman–Crippen LogP) is 3.59. The predicted molar refractivity (Wildman–Crippen MR) is 82.0 cm³/mol. The molecule has 0 aliphatic carbocycles. The third-order valence-corrected chi connectivity index (χ3v) is 4.51. The van der Waals surface area contributed by atoms with Gasteiger partial charge >= 0.3 is 0 Å². The highest BCUT2D eigenvalue weighted by Gasteiger charge is 2.22. The van der Waals surface area contributed by atoms with Crippen LogP contribution in [0.15, 0.2) is 30.3 Å². The Hall–Kier alpha value is -0.860. The van der Waals surface area contributed by atoms with Crippen molar-refractivity contribution in [2.24, 2.45) is 11.7 Å². The lowest BCUT2D eigenvalue weighted by Gasteiger charge is -2.32. The summed E-state index contributed by atoms with van der Waals surface area (Å²) in [6.07, 6.45) is 5.46. The maximum Gasteiger partial charge on any atom is 0.0333 e. The average Bonchev–Trinajstić information content (AvgIpc) is 2.64. The van der Waals surface area contributed by atoms with Gasteiger partial charge in [0.1, 0.15) is 0 Å². The Morgan fingerprint density at radius 2 is 1.95 bits per heavy atom. The molecule has 0 bridgehead atoms. The van der Waals surface area contributed by atoms with E-state index in [0.29, 0.717) is 12.0 Å². The molecule has 1 fully saturated rings. The minimum atomic E-state index is 0.150. The summed E-state index contributed by atoms with van der Waals surface area (Å²) in [5, 5.41) is 0. The summed E-state index contributed by atoms with van der Waals surface area (Å²) in [5.74, 6) is 0.503. The SMILES string of the molecule is CC(CN1CCCCCC1C)C(N)c1ccccc1. The molecule has 1 aliphatic rings. The van der Waals surface area contributed by atoms with Crippen LogP contribution in [0.1, 0.15) is 51.1 Å². The minimum absolute atomic E-state index is 0.150. The van der Waals surface area contributed by atoms with Gasteiger partial charge in [-0.05, 0) is 37.8 Å². The first-order valence-electron chi connectivity index (χ1n) is 7.73. The van der Waals surface area contributed by atoms with E-state index in [2.05, 4.69) is 49.1 Å². The summed E-state index contributed by atoms with van der Waals surface area (Å²) in [4.78, 5) is 2.64. The molecule has 1 aromatic rings. The van der Waals surface area contributed by atoms with Gasteiger partial charge in [-0.1, -0.05) is 50.1 Å². The number of rotatable bonds is 4. The minimum Gasteiger partial charge on any atom is -0.324 e. The Kier molecular flexibility index (Phi) is 5.41. The van der Waals surface area contributed by atoms with Gasteiger partial charge in [0.2, 0.25) is 0 Å². The van der Waals surface area contributed by atoms with Crippen molar-refractivity contribution in [1.82, 2.24) is 4.90 Å². The van der Waals surface area contributed by atoms with Crippen LogP contribution in [0.5, 0.6) is 0 Å². The lowest BCUT2D eigenvalue weighted by atomic mass is 9.94. The van der Waals surface area contributed by atoms with Crippen LogP contribution in [0.2, 0.25) is 0 Å². The molecule has 19 heavy (non-hydrogen) atoms. The maximum atomic E-state index is 6.41. The molecule has 1 saturated heterocycles. The van der Waals surface area contributed by atoms with Crippen LogP contribution >= 0.6 is 0 Å². The van der Waals surface area contributed by atoms with Crippen molar-refractivity contribution in [3.8, 4) is 0 Å². The molecule has 1 aliphatic heterocycles. The molecule has 3 atom stereocenters. The molecule has 2 rings (SSSR count). The van der Waals surface area contributed by atoms with Gasteiger partial charge in [0.05, 0.1) is 0 Å². The largest absolute Gasteiger partial charge is 0.324 e. The lowest BCUT2D eigenvalue weighted by Crippen LogP contribution is -2.38. The Morgan fingerprint density at radius 1 is 1.21 bits per heavy atom. The molecule has 1 aromatic carbocycles. The molecular weight excluding hydrogens is 232 g/mol. The lowest BCUT2D eigenvalue weighted by molar-refractivity contribution is 0.175. The Bertz CT molecular complexity index is 363. The van der Waals surface area contributed by atoms with Gasteiger partial charge in [0.15, 0.2) is 0 Å². The Morgan fingerprint density at radius 3 is 2.68 bits per heavy atom. The topological polar surface area (TPSA) is 29.3 Å². The summed E-state index contributed by atoms with van der Waals surface area (Å²) in [6.45, 7) is 7.02. The van der Waals surface area contributed by atoms with Crippen LogP contribution < -0.4 is 5.73 Å². The molecule has 2 N–H and O–H groups in total. The van der Waals surface area contributed by atoms with Crippen molar-refractivity contribution < 1.29 is 0 Å². The normalized spacial score (nSPS) is 24.7. The van der Waals surface area contributed by atoms with Gasteiger partial charge in [-0.2, -0.15) is 0 Å². The fourth-order valence-electron chi connectivity index (χ4n) is 3.09. The monoisotopic (exact) mass is 260 g/mol. The van der Waals surface area contributed by atoms with Gasteiger partial charge in [0.25, 0.3) is 0 Å². The van der Waals surface area contributed by atoms with E-state index in [0.717, 1.165) is 6.54 Å². The van der Waals surface area contributed by atoms with Crippen LogP contribution in [-0.2, 0) is 0 Å². The first-order chi connectivity index (χ1) is 9.18. The fourth-order valence-corrected chi connectivity index (χ4v) is 3.09. The van der Waals surface area contributed by atoms with E-state index in [-0.39, 0.29) is 6.04 Å². The number of hydrogen-bond donors (Lipinski definition) is 1. The summed E-state index contributed by atoms with van der Waals surface area (Å²) in [7, 11) is 0. The third kappa shape index (κ3) is 4.05. The van der Waals surface area contributed by atoms with Crippen molar-refractivity contribution in [1.29, 1.82) is 0 Å². The second kappa shape index (κ2) is 7.06. The molecule has 2 heteroatoms. The van der Waals surface area contributed by atoms with E-state index in [1.807, 2.05) is 0 Å². The molecular formula is C17H28N2. The zero-order chi connectivity index (χ0) is 13.7. The highest BCUT2D eigenvalue weighted by atomic mass is 15.2. The summed E-state index contributed by atoms with van der Waals surface area (Å²) >= 11 is 0. The number of nitrogens with two attached hydrogens (primary N) is 1. The molecule has 0 spiro atoms. The van der Waals surface area contributed by atoms with E-state index < -0.39 is 0 Å². The molecule has 1 heterocycles. The number of hydrogen-bond acceptors (Lipinski definition) is 2. The van der Waals surface area contributed by atoms with Gasteiger partial charge < -0.3 is 10.6 Å². The number of nitrogens with zero attached hydrogens (tertiary/aromatic N) is 1. The molecule has 0 saturated carbocycles. The quantitative estimate of drug-likeness (QED) is 0.896. The van der Waals surface area contributed by atoms with E-state index in [1.165, 1.54) is 37.8 Å². The molecule has 2 nitrogen and oxygen atoms in total. The first kappa shape index (κ1) is 14.5. The van der Waals surface area contributed by atoms with E-state index in [4.69, 9.17) is 5.73 Å². The van der Waals surface area contributed by atoms with Crippen LogP contribution in [0, 0.1) is 5.92 Å². The van der Waals surface area contributed by atoms with Gasteiger partial charge in [-0.3, -0.25) is 0 Å². The van der Waals surface area contributed by atoms with Crippen molar-refractivity contribution in [2.75, 3.05) is 13.1 Å². The smallest absolute Gasteiger partial charge is 0.0333 e. The molecule has 0 radical (unpaired) electrons. The summed E-state index contributed by atoms with van der Waals surface area (Å²) < 4.78 is 0. The second-order valence-electron chi connectivity index (χ2n) is 6.11. The zero-order valence-corrected chi connectivity index (χ0v) is 12.4.